The summed E-state index contributed by atoms with van der Waals surface area (Å²) in [6, 6.07) is 14.1. The molecule has 0 saturated carbocycles. The van der Waals surface area contributed by atoms with E-state index in [2.05, 4.69) is 39.0 Å². The third kappa shape index (κ3) is 1.85. The van der Waals surface area contributed by atoms with Crippen LogP contribution in [0.5, 0.6) is 0 Å². The Kier molecular flexibility index (Phi) is 2.92. The molecule has 1 aliphatic heterocycles. The second kappa shape index (κ2) is 4.58. The molecule has 0 N–H and O–H groups in total. The summed E-state index contributed by atoms with van der Waals surface area (Å²) < 4.78 is 0.993. The van der Waals surface area contributed by atoms with Gasteiger partial charge < -0.3 is 4.90 Å². The van der Waals surface area contributed by atoms with Crippen molar-refractivity contribution in [2.45, 2.75) is 6.42 Å². The largest absolute Gasteiger partial charge is 0.340 e. The van der Waals surface area contributed by atoms with Crippen molar-refractivity contribution in [3.8, 4) is 0 Å². The number of para-hydroxylation sites is 1. The standard InChI is InChI=1S/C15H12BrNO/c16-13-6-5-12(10-18)15(9-13)17-8-7-11-3-1-2-4-14(11)17/h1-6,9-10H,7-8H2. The first-order valence-electron chi connectivity index (χ1n) is 5.90. The van der Waals surface area contributed by atoms with E-state index in [1.54, 1.807) is 0 Å². The van der Waals surface area contributed by atoms with Crippen LogP contribution in [0.4, 0.5) is 11.4 Å². The summed E-state index contributed by atoms with van der Waals surface area (Å²) in [6.45, 7) is 0.927. The van der Waals surface area contributed by atoms with Crippen LogP contribution in [0.25, 0.3) is 0 Å². The van der Waals surface area contributed by atoms with Gasteiger partial charge in [-0.25, -0.2) is 0 Å². The molecule has 1 aliphatic rings. The molecular formula is C15H12BrNO. The maximum Gasteiger partial charge on any atom is 0.152 e. The summed E-state index contributed by atoms with van der Waals surface area (Å²) in [5.74, 6) is 0. The molecule has 18 heavy (non-hydrogen) atoms. The number of aldehydes is 1. The Hall–Kier alpha value is -1.61. The maximum atomic E-state index is 11.2. The Morgan fingerprint density at radius 3 is 2.78 bits per heavy atom. The number of carbonyl (C=O) groups excluding carboxylic acids is 1. The molecule has 0 radical (unpaired) electrons. The predicted molar refractivity (Wildman–Crippen MR) is 76.7 cm³/mol. The average Bonchev–Trinajstić information content (AvgIpc) is 2.82. The third-order valence-corrected chi connectivity index (χ3v) is 3.79. The lowest BCUT2D eigenvalue weighted by atomic mass is 10.1. The van der Waals surface area contributed by atoms with Crippen LogP contribution in [0.3, 0.4) is 0 Å². The quantitative estimate of drug-likeness (QED) is 0.783. The van der Waals surface area contributed by atoms with Crippen molar-refractivity contribution in [3.63, 3.8) is 0 Å². The van der Waals surface area contributed by atoms with E-state index in [0.717, 1.165) is 35.0 Å². The number of rotatable bonds is 2. The summed E-state index contributed by atoms with van der Waals surface area (Å²) in [5, 5.41) is 0. The van der Waals surface area contributed by atoms with Crippen LogP contribution in [0, 0.1) is 0 Å². The van der Waals surface area contributed by atoms with Gasteiger partial charge >= 0.3 is 0 Å². The molecule has 0 aliphatic carbocycles. The van der Waals surface area contributed by atoms with Crippen LogP contribution >= 0.6 is 15.9 Å². The van der Waals surface area contributed by atoms with Crippen LogP contribution in [-0.2, 0) is 6.42 Å². The molecule has 0 atom stereocenters. The van der Waals surface area contributed by atoms with Crippen LogP contribution < -0.4 is 4.90 Å². The van der Waals surface area contributed by atoms with Crippen molar-refractivity contribution in [2.24, 2.45) is 0 Å². The van der Waals surface area contributed by atoms with E-state index in [-0.39, 0.29) is 0 Å². The van der Waals surface area contributed by atoms with E-state index in [1.165, 1.54) is 11.3 Å². The SMILES string of the molecule is O=Cc1ccc(Br)cc1N1CCc2ccccc21. The number of benzene rings is 2. The minimum absolute atomic E-state index is 0.731. The summed E-state index contributed by atoms with van der Waals surface area (Å²) in [4.78, 5) is 13.4. The van der Waals surface area contributed by atoms with E-state index in [0.29, 0.717) is 0 Å². The lowest BCUT2D eigenvalue weighted by Gasteiger charge is -2.21. The van der Waals surface area contributed by atoms with Gasteiger partial charge in [-0.3, -0.25) is 4.79 Å². The zero-order valence-corrected chi connectivity index (χ0v) is 11.4. The number of hydrogen-bond donors (Lipinski definition) is 0. The van der Waals surface area contributed by atoms with E-state index in [9.17, 15) is 4.79 Å². The molecular weight excluding hydrogens is 290 g/mol. The number of hydrogen-bond acceptors (Lipinski definition) is 2. The fraction of sp³-hybridized carbons (Fsp3) is 0.133. The molecule has 0 unspecified atom stereocenters. The van der Waals surface area contributed by atoms with Crippen LogP contribution in [0.2, 0.25) is 0 Å². The molecule has 0 spiro atoms. The minimum Gasteiger partial charge on any atom is -0.340 e. The zero-order valence-electron chi connectivity index (χ0n) is 9.77. The van der Waals surface area contributed by atoms with Crippen molar-refractivity contribution in [3.05, 3.63) is 58.1 Å². The van der Waals surface area contributed by atoms with Gasteiger partial charge in [-0.1, -0.05) is 34.1 Å². The monoisotopic (exact) mass is 301 g/mol. The van der Waals surface area contributed by atoms with Crippen molar-refractivity contribution in [2.75, 3.05) is 11.4 Å². The van der Waals surface area contributed by atoms with Crippen molar-refractivity contribution in [1.29, 1.82) is 0 Å². The maximum absolute atomic E-state index is 11.2. The number of fused-ring (bicyclic) bond motifs is 1. The topological polar surface area (TPSA) is 20.3 Å². The van der Waals surface area contributed by atoms with Crippen LogP contribution in [-0.4, -0.2) is 12.8 Å². The number of halogens is 1. The van der Waals surface area contributed by atoms with Gasteiger partial charge in [0.05, 0.1) is 5.69 Å². The second-order valence-corrected chi connectivity index (χ2v) is 5.27. The van der Waals surface area contributed by atoms with E-state index >= 15 is 0 Å². The van der Waals surface area contributed by atoms with Crippen LogP contribution in [0.1, 0.15) is 15.9 Å². The van der Waals surface area contributed by atoms with Gasteiger partial charge in [0.1, 0.15) is 0 Å². The number of carbonyl (C=O) groups is 1. The first-order valence-corrected chi connectivity index (χ1v) is 6.69. The molecule has 90 valence electrons. The summed E-state index contributed by atoms with van der Waals surface area (Å²) in [5.41, 5.74) is 4.26. The summed E-state index contributed by atoms with van der Waals surface area (Å²) in [7, 11) is 0. The molecule has 2 aromatic carbocycles. The Labute approximate surface area is 114 Å². The van der Waals surface area contributed by atoms with Crippen LogP contribution in [0.15, 0.2) is 46.9 Å². The van der Waals surface area contributed by atoms with E-state index in [1.807, 2.05) is 24.3 Å². The molecule has 2 aromatic rings. The van der Waals surface area contributed by atoms with Crippen molar-refractivity contribution >= 4 is 33.6 Å². The predicted octanol–water partition coefficient (Wildman–Crippen LogP) is 3.96. The molecule has 0 fully saturated rings. The summed E-state index contributed by atoms with van der Waals surface area (Å²) >= 11 is 3.47. The Balaban J connectivity index is 2.12. The van der Waals surface area contributed by atoms with Gasteiger partial charge in [-0.2, -0.15) is 0 Å². The highest BCUT2D eigenvalue weighted by Crippen LogP contribution is 2.36. The fourth-order valence-electron chi connectivity index (χ4n) is 2.44. The van der Waals surface area contributed by atoms with Gasteiger partial charge in [0.2, 0.25) is 0 Å². The molecule has 0 amide bonds. The van der Waals surface area contributed by atoms with Gasteiger partial charge in [-0.05, 0) is 36.2 Å². The summed E-state index contributed by atoms with van der Waals surface area (Å²) in [6.07, 6.45) is 1.95. The number of nitrogens with zero attached hydrogens (tertiary/aromatic N) is 1. The highest BCUT2D eigenvalue weighted by Gasteiger charge is 2.21. The smallest absolute Gasteiger partial charge is 0.152 e. The van der Waals surface area contributed by atoms with Gasteiger partial charge in [-0.15, -0.1) is 0 Å². The molecule has 3 heteroatoms. The van der Waals surface area contributed by atoms with Crippen molar-refractivity contribution < 1.29 is 4.79 Å². The first kappa shape index (κ1) is 11.5. The van der Waals surface area contributed by atoms with E-state index < -0.39 is 0 Å². The molecule has 0 bridgehead atoms. The molecule has 1 heterocycles. The van der Waals surface area contributed by atoms with Crippen molar-refractivity contribution in [1.82, 2.24) is 0 Å². The normalized spacial score (nSPS) is 13.5. The average molecular weight is 302 g/mol. The molecule has 2 nitrogen and oxygen atoms in total. The zero-order chi connectivity index (χ0) is 12.5. The van der Waals surface area contributed by atoms with E-state index in [4.69, 9.17) is 0 Å². The minimum atomic E-state index is 0.731. The Bertz CT molecular complexity index is 609. The Morgan fingerprint density at radius 2 is 1.94 bits per heavy atom. The first-order chi connectivity index (χ1) is 8.79. The molecule has 0 aromatic heterocycles. The molecule has 0 saturated heterocycles. The fourth-order valence-corrected chi connectivity index (χ4v) is 2.79. The highest BCUT2D eigenvalue weighted by atomic mass is 79.9. The lowest BCUT2D eigenvalue weighted by molar-refractivity contribution is 0.112. The number of anilines is 2. The van der Waals surface area contributed by atoms with Gasteiger partial charge in [0.15, 0.2) is 6.29 Å². The Morgan fingerprint density at radius 1 is 1.11 bits per heavy atom. The van der Waals surface area contributed by atoms with Gasteiger partial charge in [0.25, 0.3) is 0 Å². The highest BCUT2D eigenvalue weighted by molar-refractivity contribution is 9.10. The second-order valence-electron chi connectivity index (χ2n) is 4.35. The van der Waals surface area contributed by atoms with Gasteiger partial charge in [0, 0.05) is 22.3 Å². The molecule has 3 rings (SSSR count). The lowest BCUT2D eigenvalue weighted by Crippen LogP contribution is -2.15. The third-order valence-electron chi connectivity index (χ3n) is 3.30.